The summed E-state index contributed by atoms with van der Waals surface area (Å²) in [6, 6.07) is 10.0. The second-order valence-electron chi connectivity index (χ2n) is 7.55. The van der Waals surface area contributed by atoms with Crippen LogP contribution in [0, 0.1) is 0 Å². The molecule has 2 aromatic carbocycles. The molecule has 0 aliphatic rings. The van der Waals surface area contributed by atoms with Crippen LogP contribution in [0.25, 0.3) is 0 Å². The molecule has 0 radical (unpaired) electrons. The lowest BCUT2D eigenvalue weighted by molar-refractivity contribution is -0.137. The summed E-state index contributed by atoms with van der Waals surface area (Å²) >= 11 is 0. The van der Waals surface area contributed by atoms with Crippen LogP contribution in [0.1, 0.15) is 31.2 Å². The highest BCUT2D eigenvalue weighted by molar-refractivity contribution is 7.92. The van der Waals surface area contributed by atoms with Gasteiger partial charge in [-0.2, -0.15) is 13.2 Å². The van der Waals surface area contributed by atoms with E-state index in [1.807, 2.05) is 0 Å². The van der Waals surface area contributed by atoms with Gasteiger partial charge in [0.25, 0.3) is 10.0 Å². The number of sulfonamides is 1. The molecule has 0 spiro atoms. The third kappa shape index (κ3) is 7.43. The van der Waals surface area contributed by atoms with E-state index in [2.05, 4.69) is 19.0 Å². The Hall–Kier alpha value is -2.26. The van der Waals surface area contributed by atoms with Crippen LogP contribution in [0.15, 0.2) is 53.4 Å². The average molecular weight is 459 g/mol. The first kappa shape index (κ1) is 25.0. The predicted molar refractivity (Wildman–Crippen MR) is 116 cm³/mol. The highest BCUT2D eigenvalue weighted by atomic mass is 32.2. The topological polar surface area (TPSA) is 49.9 Å². The Morgan fingerprint density at radius 1 is 0.839 bits per heavy atom. The Labute approximate surface area is 182 Å². The fraction of sp³-hybridized carbons (Fsp3) is 0.455. The molecule has 0 atom stereocenters. The van der Waals surface area contributed by atoms with E-state index in [9.17, 15) is 21.6 Å². The van der Waals surface area contributed by atoms with Crippen molar-refractivity contribution >= 4 is 15.7 Å². The van der Waals surface area contributed by atoms with Crippen LogP contribution >= 0.6 is 0 Å². The lowest BCUT2D eigenvalue weighted by atomic mass is 10.2. The first-order valence-electron chi connectivity index (χ1n) is 10.1. The summed E-state index contributed by atoms with van der Waals surface area (Å²) in [5.74, 6) is 0.636. The Bertz CT molecular complexity index is 913. The minimum Gasteiger partial charge on any atom is -0.494 e. The summed E-state index contributed by atoms with van der Waals surface area (Å²) < 4.78 is 70.3. The lowest BCUT2D eigenvalue weighted by Crippen LogP contribution is -2.26. The van der Waals surface area contributed by atoms with Crippen molar-refractivity contribution in [1.29, 1.82) is 0 Å². The van der Waals surface area contributed by atoms with Gasteiger partial charge in [-0.1, -0.05) is 12.8 Å². The normalized spacial score (nSPS) is 12.2. The van der Waals surface area contributed by atoms with Crippen LogP contribution in [0.5, 0.6) is 5.75 Å². The molecular weight excluding hydrogens is 429 g/mol. The number of anilines is 1. The molecule has 5 nitrogen and oxygen atoms in total. The molecule has 0 bridgehead atoms. The molecule has 0 unspecified atom stereocenters. The zero-order valence-corrected chi connectivity index (χ0v) is 18.8. The van der Waals surface area contributed by atoms with Crippen molar-refractivity contribution in [2.24, 2.45) is 0 Å². The molecule has 0 N–H and O–H groups in total. The Morgan fingerprint density at radius 3 is 1.97 bits per heavy atom. The maximum absolute atomic E-state index is 12.7. The van der Waals surface area contributed by atoms with Gasteiger partial charge >= 0.3 is 6.18 Å². The second kappa shape index (κ2) is 10.9. The van der Waals surface area contributed by atoms with Gasteiger partial charge in [0.1, 0.15) is 5.75 Å². The van der Waals surface area contributed by atoms with Crippen LogP contribution in [0.4, 0.5) is 18.9 Å². The van der Waals surface area contributed by atoms with Crippen LogP contribution in [0.3, 0.4) is 0 Å². The highest BCUT2D eigenvalue weighted by Crippen LogP contribution is 2.31. The Kier molecular flexibility index (Phi) is 8.76. The molecule has 0 aliphatic carbocycles. The van der Waals surface area contributed by atoms with Gasteiger partial charge in [0.15, 0.2) is 0 Å². The number of alkyl halides is 3. The fourth-order valence-corrected chi connectivity index (χ4v) is 4.13. The van der Waals surface area contributed by atoms with Crippen LogP contribution in [-0.4, -0.2) is 47.6 Å². The molecule has 0 amide bonds. The van der Waals surface area contributed by atoms with Gasteiger partial charge in [-0.15, -0.1) is 0 Å². The standard InChI is InChI=1S/C22H29F3N2O3S/c1-26(2)16-6-4-5-7-17-30-20-12-10-19(11-13-20)27(3)31(28,29)21-14-8-18(9-15-21)22(23,24)25/h8-15H,4-7,16-17H2,1-3H3. The van der Waals surface area contributed by atoms with Gasteiger partial charge in [-0.05, 0) is 82.0 Å². The number of ether oxygens (including phenoxy) is 1. The largest absolute Gasteiger partial charge is 0.494 e. The van der Waals surface area contributed by atoms with E-state index >= 15 is 0 Å². The third-order valence-electron chi connectivity index (χ3n) is 4.81. The summed E-state index contributed by atoms with van der Waals surface area (Å²) in [5, 5.41) is 0. The quantitative estimate of drug-likeness (QED) is 0.443. The molecule has 2 aromatic rings. The summed E-state index contributed by atoms with van der Waals surface area (Å²) in [4.78, 5) is 1.95. The minimum absolute atomic E-state index is 0.211. The predicted octanol–water partition coefficient (Wildman–Crippen LogP) is 5.03. The lowest BCUT2D eigenvalue weighted by Gasteiger charge is -2.20. The van der Waals surface area contributed by atoms with Crippen molar-refractivity contribution in [2.45, 2.75) is 36.8 Å². The fourth-order valence-electron chi connectivity index (χ4n) is 2.94. The van der Waals surface area contributed by atoms with E-state index in [0.29, 0.717) is 18.0 Å². The molecule has 0 aromatic heterocycles. The Morgan fingerprint density at radius 2 is 1.42 bits per heavy atom. The first-order chi connectivity index (χ1) is 14.5. The van der Waals surface area contributed by atoms with E-state index in [1.54, 1.807) is 24.3 Å². The van der Waals surface area contributed by atoms with Crippen molar-refractivity contribution in [2.75, 3.05) is 38.6 Å². The third-order valence-corrected chi connectivity index (χ3v) is 6.61. The smallest absolute Gasteiger partial charge is 0.416 e. The summed E-state index contributed by atoms with van der Waals surface area (Å²) in [5.41, 5.74) is -0.510. The molecule has 0 fully saturated rings. The number of hydrogen-bond donors (Lipinski definition) is 0. The SMILES string of the molecule is CN(C)CCCCCCOc1ccc(N(C)S(=O)(=O)c2ccc(C(F)(F)F)cc2)cc1. The maximum atomic E-state index is 12.7. The van der Waals surface area contributed by atoms with Gasteiger partial charge in [-0.25, -0.2) is 8.42 Å². The van der Waals surface area contributed by atoms with Crippen LogP contribution in [0.2, 0.25) is 0 Å². The zero-order valence-electron chi connectivity index (χ0n) is 18.0. The molecule has 2 rings (SSSR count). The number of unbranched alkanes of at least 4 members (excludes halogenated alkanes) is 3. The Balaban J connectivity index is 1.91. The monoisotopic (exact) mass is 458 g/mol. The second-order valence-corrected chi connectivity index (χ2v) is 9.52. The number of rotatable bonds is 11. The summed E-state index contributed by atoms with van der Waals surface area (Å²) in [7, 11) is 1.49. The molecule has 0 saturated carbocycles. The molecule has 0 aliphatic heterocycles. The van der Waals surface area contributed by atoms with Crippen LogP contribution in [-0.2, 0) is 16.2 Å². The number of hydrogen-bond acceptors (Lipinski definition) is 4. The summed E-state index contributed by atoms with van der Waals surface area (Å²) in [6.07, 6.45) is -0.192. The summed E-state index contributed by atoms with van der Waals surface area (Å²) in [6.45, 7) is 1.66. The van der Waals surface area contributed by atoms with Gasteiger partial charge in [0.2, 0.25) is 0 Å². The number of benzene rings is 2. The van der Waals surface area contributed by atoms with E-state index in [-0.39, 0.29) is 4.90 Å². The number of halogens is 3. The number of nitrogens with zero attached hydrogens (tertiary/aromatic N) is 2. The maximum Gasteiger partial charge on any atom is 0.416 e. The average Bonchev–Trinajstić information content (AvgIpc) is 2.72. The molecule has 31 heavy (non-hydrogen) atoms. The first-order valence-corrected chi connectivity index (χ1v) is 11.5. The van der Waals surface area contributed by atoms with Gasteiger partial charge < -0.3 is 9.64 Å². The van der Waals surface area contributed by atoms with Crippen molar-refractivity contribution < 1.29 is 26.3 Å². The van der Waals surface area contributed by atoms with E-state index in [0.717, 1.165) is 60.8 Å². The van der Waals surface area contributed by atoms with Crippen LogP contribution < -0.4 is 9.04 Å². The van der Waals surface area contributed by atoms with E-state index < -0.39 is 21.8 Å². The molecule has 0 saturated heterocycles. The zero-order chi connectivity index (χ0) is 23.1. The minimum atomic E-state index is -4.52. The molecule has 9 heteroatoms. The van der Waals surface area contributed by atoms with Crippen molar-refractivity contribution in [3.63, 3.8) is 0 Å². The van der Waals surface area contributed by atoms with Crippen molar-refractivity contribution in [1.82, 2.24) is 4.90 Å². The van der Waals surface area contributed by atoms with E-state index in [1.165, 1.54) is 7.05 Å². The highest BCUT2D eigenvalue weighted by Gasteiger charge is 2.31. The van der Waals surface area contributed by atoms with Gasteiger partial charge in [0, 0.05) is 7.05 Å². The van der Waals surface area contributed by atoms with Crippen molar-refractivity contribution in [3.8, 4) is 5.75 Å². The molecular formula is C22H29F3N2O3S. The van der Waals surface area contributed by atoms with Crippen molar-refractivity contribution in [3.05, 3.63) is 54.1 Å². The molecule has 0 heterocycles. The van der Waals surface area contributed by atoms with E-state index in [4.69, 9.17) is 4.74 Å². The van der Waals surface area contributed by atoms with Gasteiger partial charge in [0.05, 0.1) is 22.8 Å². The van der Waals surface area contributed by atoms with Gasteiger partial charge in [-0.3, -0.25) is 4.31 Å². The molecule has 172 valence electrons.